The van der Waals surface area contributed by atoms with Crippen LogP contribution < -0.4 is 5.32 Å². The molecule has 4 heteroatoms. The van der Waals surface area contributed by atoms with Crippen molar-refractivity contribution in [3.8, 4) is 11.3 Å². The van der Waals surface area contributed by atoms with Crippen molar-refractivity contribution in [3.63, 3.8) is 0 Å². The molecule has 0 aliphatic carbocycles. The van der Waals surface area contributed by atoms with Crippen LogP contribution in [-0.2, 0) is 6.54 Å². The first-order chi connectivity index (χ1) is 7.70. The van der Waals surface area contributed by atoms with Crippen LogP contribution in [0.5, 0.6) is 0 Å². The maximum absolute atomic E-state index is 13.1. The molecule has 2 nitrogen and oxygen atoms in total. The fourth-order valence-electron chi connectivity index (χ4n) is 1.45. The second-order valence-electron chi connectivity index (χ2n) is 3.43. The lowest BCUT2D eigenvalue weighted by Crippen LogP contribution is -2.03. The van der Waals surface area contributed by atoms with Crippen molar-refractivity contribution < 1.29 is 8.81 Å². The van der Waals surface area contributed by atoms with E-state index < -0.39 is 0 Å². The first kappa shape index (κ1) is 11.4. The highest BCUT2D eigenvalue weighted by molar-refractivity contribution is 9.10. The van der Waals surface area contributed by atoms with Crippen molar-refractivity contribution >= 4 is 15.9 Å². The summed E-state index contributed by atoms with van der Waals surface area (Å²) in [6.45, 7) is 0.683. The smallest absolute Gasteiger partial charge is 0.137 e. The molecule has 1 aromatic carbocycles. The third kappa shape index (κ3) is 2.33. The molecule has 1 heterocycles. The van der Waals surface area contributed by atoms with Gasteiger partial charge in [0.05, 0.1) is 11.0 Å². The van der Waals surface area contributed by atoms with E-state index in [4.69, 9.17) is 4.42 Å². The molecule has 84 valence electrons. The third-order valence-corrected chi connectivity index (χ3v) is 2.82. The average molecular weight is 284 g/mol. The van der Waals surface area contributed by atoms with E-state index in [1.54, 1.807) is 12.1 Å². The molecule has 2 rings (SSSR count). The molecule has 0 fully saturated rings. The summed E-state index contributed by atoms with van der Waals surface area (Å²) in [5.41, 5.74) is 0.857. The summed E-state index contributed by atoms with van der Waals surface area (Å²) >= 11 is 3.15. The Labute approximate surface area is 102 Å². The van der Waals surface area contributed by atoms with Gasteiger partial charge in [0.25, 0.3) is 0 Å². The van der Waals surface area contributed by atoms with Gasteiger partial charge >= 0.3 is 0 Å². The van der Waals surface area contributed by atoms with E-state index in [1.807, 2.05) is 19.2 Å². The number of halogens is 2. The van der Waals surface area contributed by atoms with Crippen LogP contribution in [-0.4, -0.2) is 7.05 Å². The zero-order valence-corrected chi connectivity index (χ0v) is 10.3. The van der Waals surface area contributed by atoms with Gasteiger partial charge in [0.1, 0.15) is 17.3 Å². The Hall–Kier alpha value is -1.13. The molecule has 0 aliphatic heterocycles. The van der Waals surface area contributed by atoms with Crippen LogP contribution in [0.15, 0.2) is 39.2 Å². The summed E-state index contributed by atoms with van der Waals surface area (Å²) in [5, 5.41) is 3.01. The number of hydrogen-bond acceptors (Lipinski definition) is 2. The molecule has 0 unspecified atom stereocenters. The normalized spacial score (nSPS) is 10.7. The van der Waals surface area contributed by atoms with Crippen molar-refractivity contribution in [2.75, 3.05) is 7.05 Å². The topological polar surface area (TPSA) is 25.2 Å². The predicted octanol–water partition coefficient (Wildman–Crippen LogP) is 3.57. The van der Waals surface area contributed by atoms with Gasteiger partial charge in [-0.15, -0.1) is 0 Å². The van der Waals surface area contributed by atoms with Crippen LogP contribution in [0.3, 0.4) is 0 Å². The third-order valence-electron chi connectivity index (χ3n) is 2.22. The Kier molecular flexibility index (Phi) is 3.41. The highest BCUT2D eigenvalue weighted by Gasteiger charge is 2.06. The quantitative estimate of drug-likeness (QED) is 0.932. The van der Waals surface area contributed by atoms with E-state index in [0.717, 1.165) is 17.1 Å². The summed E-state index contributed by atoms with van der Waals surface area (Å²) in [7, 11) is 1.86. The molecule has 0 spiro atoms. The Morgan fingerprint density at radius 3 is 2.81 bits per heavy atom. The van der Waals surface area contributed by atoms with Crippen LogP contribution in [0.4, 0.5) is 4.39 Å². The van der Waals surface area contributed by atoms with E-state index >= 15 is 0 Å². The number of furan rings is 1. The number of nitrogens with one attached hydrogen (secondary N) is 1. The summed E-state index contributed by atoms with van der Waals surface area (Å²) < 4.78 is 19.1. The summed E-state index contributed by atoms with van der Waals surface area (Å²) in [6.07, 6.45) is 0. The Balaban J connectivity index is 2.31. The van der Waals surface area contributed by atoms with Crippen molar-refractivity contribution in [2.45, 2.75) is 6.54 Å². The van der Waals surface area contributed by atoms with Gasteiger partial charge in [-0.25, -0.2) is 4.39 Å². The molecule has 0 saturated carbocycles. The van der Waals surface area contributed by atoms with Crippen molar-refractivity contribution in [1.29, 1.82) is 0 Å². The first-order valence-corrected chi connectivity index (χ1v) is 5.69. The predicted molar refractivity (Wildman–Crippen MR) is 64.6 cm³/mol. The molecular formula is C12H11BrFNO. The Bertz CT molecular complexity index is 496. The van der Waals surface area contributed by atoms with E-state index in [1.165, 1.54) is 6.07 Å². The molecule has 0 radical (unpaired) electrons. The summed E-state index contributed by atoms with van der Waals surface area (Å²) in [6, 6.07) is 8.61. The van der Waals surface area contributed by atoms with E-state index in [-0.39, 0.29) is 5.82 Å². The molecule has 0 amide bonds. The van der Waals surface area contributed by atoms with E-state index in [9.17, 15) is 4.39 Å². The molecular weight excluding hydrogens is 273 g/mol. The van der Waals surface area contributed by atoms with Crippen LogP contribution in [0.2, 0.25) is 0 Å². The summed E-state index contributed by atoms with van der Waals surface area (Å²) in [4.78, 5) is 0. The van der Waals surface area contributed by atoms with E-state index in [2.05, 4.69) is 21.2 Å². The SMILES string of the molecule is CNCc1ccc(-c2ccc(F)c(Br)c2)o1. The second-order valence-corrected chi connectivity index (χ2v) is 4.28. The minimum atomic E-state index is -0.272. The number of rotatable bonds is 3. The molecule has 1 N–H and O–H groups in total. The zero-order valence-electron chi connectivity index (χ0n) is 8.76. The van der Waals surface area contributed by atoms with Gasteiger partial charge in [0.2, 0.25) is 0 Å². The van der Waals surface area contributed by atoms with Crippen LogP contribution in [0.25, 0.3) is 11.3 Å². The summed E-state index contributed by atoms with van der Waals surface area (Å²) in [5.74, 6) is 1.33. The van der Waals surface area contributed by atoms with Crippen LogP contribution in [0.1, 0.15) is 5.76 Å². The standard InChI is InChI=1S/C12H11BrFNO/c1-15-7-9-3-5-12(16-9)8-2-4-11(14)10(13)6-8/h2-6,15H,7H2,1H3. The average Bonchev–Trinajstić information content (AvgIpc) is 2.71. The minimum absolute atomic E-state index is 0.272. The molecule has 0 saturated heterocycles. The largest absolute Gasteiger partial charge is 0.460 e. The van der Waals surface area contributed by atoms with Gasteiger partial charge in [-0.2, -0.15) is 0 Å². The lowest BCUT2D eigenvalue weighted by Gasteiger charge is -1.99. The lowest BCUT2D eigenvalue weighted by molar-refractivity contribution is 0.507. The van der Waals surface area contributed by atoms with Crippen molar-refractivity contribution in [2.24, 2.45) is 0 Å². The highest BCUT2D eigenvalue weighted by Crippen LogP contribution is 2.26. The highest BCUT2D eigenvalue weighted by atomic mass is 79.9. The molecule has 0 atom stereocenters. The maximum atomic E-state index is 13.1. The van der Waals surface area contributed by atoms with Gasteiger partial charge in [-0.3, -0.25) is 0 Å². The number of hydrogen-bond donors (Lipinski definition) is 1. The fraction of sp³-hybridized carbons (Fsp3) is 0.167. The fourth-order valence-corrected chi connectivity index (χ4v) is 1.83. The van der Waals surface area contributed by atoms with Crippen molar-refractivity contribution in [1.82, 2.24) is 5.32 Å². The number of benzene rings is 1. The van der Waals surface area contributed by atoms with Gasteiger partial charge in [-0.05, 0) is 53.3 Å². The first-order valence-electron chi connectivity index (χ1n) is 4.89. The molecule has 16 heavy (non-hydrogen) atoms. The second kappa shape index (κ2) is 4.80. The van der Waals surface area contributed by atoms with Crippen LogP contribution >= 0.6 is 15.9 Å². The monoisotopic (exact) mass is 283 g/mol. The zero-order chi connectivity index (χ0) is 11.5. The van der Waals surface area contributed by atoms with Gasteiger partial charge in [-0.1, -0.05) is 0 Å². The molecule has 2 aromatic rings. The van der Waals surface area contributed by atoms with Crippen molar-refractivity contribution in [3.05, 3.63) is 46.4 Å². The van der Waals surface area contributed by atoms with Gasteiger partial charge in [0.15, 0.2) is 0 Å². The Morgan fingerprint density at radius 2 is 2.12 bits per heavy atom. The minimum Gasteiger partial charge on any atom is -0.460 e. The Morgan fingerprint density at radius 1 is 1.31 bits per heavy atom. The maximum Gasteiger partial charge on any atom is 0.137 e. The molecule has 1 aromatic heterocycles. The molecule has 0 bridgehead atoms. The van der Waals surface area contributed by atoms with Crippen LogP contribution in [0, 0.1) is 5.82 Å². The van der Waals surface area contributed by atoms with Gasteiger partial charge < -0.3 is 9.73 Å². The molecule has 0 aliphatic rings. The van der Waals surface area contributed by atoms with Gasteiger partial charge in [0, 0.05) is 5.56 Å². The lowest BCUT2D eigenvalue weighted by atomic mass is 10.2. The van der Waals surface area contributed by atoms with E-state index in [0.29, 0.717) is 11.0 Å².